The fraction of sp³-hybridized carbons (Fsp3) is 0.533. The molecule has 0 radical (unpaired) electrons. The van der Waals surface area contributed by atoms with Crippen molar-refractivity contribution in [2.45, 2.75) is 45.4 Å². The third-order valence-corrected chi connectivity index (χ3v) is 2.81. The average Bonchev–Trinajstić information content (AvgIpc) is 2.34. The van der Waals surface area contributed by atoms with Crippen LogP contribution in [-0.2, 0) is 16.0 Å². The van der Waals surface area contributed by atoms with Crippen molar-refractivity contribution in [3.05, 3.63) is 29.8 Å². The van der Waals surface area contributed by atoms with Gasteiger partial charge in [0.05, 0.1) is 6.61 Å². The lowest BCUT2D eigenvalue weighted by Gasteiger charge is -2.03. The van der Waals surface area contributed by atoms with Gasteiger partial charge < -0.3 is 9.84 Å². The molecular formula is C15H22O3. The van der Waals surface area contributed by atoms with Gasteiger partial charge in [-0.1, -0.05) is 25.0 Å². The van der Waals surface area contributed by atoms with E-state index >= 15 is 0 Å². The number of benzene rings is 1. The highest BCUT2D eigenvalue weighted by Gasteiger charge is 2.01. The maximum Gasteiger partial charge on any atom is 0.305 e. The summed E-state index contributed by atoms with van der Waals surface area (Å²) in [6.07, 6.45) is 5.66. The van der Waals surface area contributed by atoms with Gasteiger partial charge in [-0.05, 0) is 43.9 Å². The lowest BCUT2D eigenvalue weighted by molar-refractivity contribution is -0.143. The second kappa shape index (κ2) is 8.56. The molecule has 0 fully saturated rings. The molecule has 0 spiro atoms. The number of hydrogen-bond donors (Lipinski definition) is 1. The highest BCUT2D eigenvalue weighted by atomic mass is 16.5. The van der Waals surface area contributed by atoms with Gasteiger partial charge in [-0.25, -0.2) is 0 Å². The maximum atomic E-state index is 11.1. The third-order valence-electron chi connectivity index (χ3n) is 2.81. The van der Waals surface area contributed by atoms with E-state index in [1.807, 2.05) is 19.1 Å². The van der Waals surface area contributed by atoms with E-state index in [0.29, 0.717) is 18.8 Å². The van der Waals surface area contributed by atoms with Gasteiger partial charge in [0.1, 0.15) is 5.75 Å². The van der Waals surface area contributed by atoms with Gasteiger partial charge in [-0.2, -0.15) is 0 Å². The zero-order valence-corrected chi connectivity index (χ0v) is 11.0. The van der Waals surface area contributed by atoms with Crippen molar-refractivity contribution in [3.63, 3.8) is 0 Å². The number of phenolic OH excluding ortho intramolecular Hbond substituents is 1. The smallest absolute Gasteiger partial charge is 0.305 e. The molecule has 100 valence electrons. The Hall–Kier alpha value is -1.51. The second-order valence-electron chi connectivity index (χ2n) is 4.39. The number of carbonyl (C=O) groups is 1. The van der Waals surface area contributed by atoms with Crippen LogP contribution in [0.5, 0.6) is 5.75 Å². The van der Waals surface area contributed by atoms with Crippen LogP contribution < -0.4 is 0 Å². The summed E-state index contributed by atoms with van der Waals surface area (Å²) in [5, 5.41) is 9.31. The van der Waals surface area contributed by atoms with Crippen LogP contribution >= 0.6 is 0 Å². The zero-order chi connectivity index (χ0) is 13.2. The number of esters is 1. The van der Waals surface area contributed by atoms with E-state index in [9.17, 15) is 9.90 Å². The predicted molar refractivity (Wildman–Crippen MR) is 71.5 cm³/mol. The first kappa shape index (κ1) is 14.6. The molecule has 1 rings (SSSR count). The molecule has 0 aromatic heterocycles. The Kier molecular flexibility index (Phi) is 6.92. The number of phenols is 1. The molecule has 0 aliphatic heterocycles. The van der Waals surface area contributed by atoms with Crippen molar-refractivity contribution < 1.29 is 14.6 Å². The number of aryl methyl sites for hydroxylation is 1. The van der Waals surface area contributed by atoms with Crippen molar-refractivity contribution in [2.24, 2.45) is 0 Å². The molecule has 3 heteroatoms. The van der Waals surface area contributed by atoms with E-state index in [1.165, 1.54) is 5.56 Å². The molecule has 0 saturated carbocycles. The molecule has 0 amide bonds. The number of hydrogen-bond acceptors (Lipinski definition) is 3. The Morgan fingerprint density at radius 1 is 1.22 bits per heavy atom. The predicted octanol–water partition coefficient (Wildman–Crippen LogP) is 3.45. The summed E-state index contributed by atoms with van der Waals surface area (Å²) >= 11 is 0. The van der Waals surface area contributed by atoms with Crippen LogP contribution in [0.25, 0.3) is 0 Å². The number of rotatable bonds is 8. The quantitative estimate of drug-likeness (QED) is 0.568. The molecule has 0 saturated heterocycles. The molecule has 1 aromatic rings. The van der Waals surface area contributed by atoms with E-state index in [0.717, 1.165) is 32.1 Å². The molecule has 0 atom stereocenters. The number of unbranched alkanes of at least 4 members (excludes halogenated alkanes) is 3. The van der Waals surface area contributed by atoms with Crippen LogP contribution in [0.2, 0.25) is 0 Å². The first-order valence-corrected chi connectivity index (χ1v) is 6.66. The maximum absolute atomic E-state index is 11.1. The SMILES string of the molecule is CCOC(=O)CCCCCCc1cccc(O)c1. The number of aromatic hydroxyl groups is 1. The zero-order valence-electron chi connectivity index (χ0n) is 11.0. The monoisotopic (exact) mass is 250 g/mol. The summed E-state index contributed by atoms with van der Waals surface area (Å²) in [7, 11) is 0. The Morgan fingerprint density at radius 3 is 2.72 bits per heavy atom. The second-order valence-corrected chi connectivity index (χ2v) is 4.39. The molecule has 0 aliphatic carbocycles. The summed E-state index contributed by atoms with van der Waals surface area (Å²) < 4.78 is 4.86. The minimum absolute atomic E-state index is 0.0921. The Balaban J connectivity index is 2.04. The summed E-state index contributed by atoms with van der Waals surface area (Å²) in [5.41, 5.74) is 1.17. The minimum Gasteiger partial charge on any atom is -0.508 e. The van der Waals surface area contributed by atoms with E-state index < -0.39 is 0 Å². The molecule has 0 bridgehead atoms. The van der Waals surface area contributed by atoms with Crippen molar-refractivity contribution in [2.75, 3.05) is 6.61 Å². The van der Waals surface area contributed by atoms with Gasteiger partial charge in [-0.3, -0.25) is 4.79 Å². The Bertz CT molecular complexity index is 361. The van der Waals surface area contributed by atoms with Crippen LogP contribution in [0.4, 0.5) is 0 Å². The molecule has 0 heterocycles. The third kappa shape index (κ3) is 6.28. The summed E-state index contributed by atoms with van der Waals surface area (Å²) in [4.78, 5) is 11.1. The van der Waals surface area contributed by atoms with Gasteiger partial charge in [0, 0.05) is 6.42 Å². The summed E-state index contributed by atoms with van der Waals surface area (Å²) in [6.45, 7) is 2.30. The van der Waals surface area contributed by atoms with Gasteiger partial charge in [0.15, 0.2) is 0 Å². The molecule has 1 N–H and O–H groups in total. The van der Waals surface area contributed by atoms with Crippen LogP contribution in [0, 0.1) is 0 Å². The lowest BCUT2D eigenvalue weighted by atomic mass is 10.1. The Morgan fingerprint density at radius 2 is 2.00 bits per heavy atom. The normalized spacial score (nSPS) is 10.3. The van der Waals surface area contributed by atoms with Gasteiger partial charge >= 0.3 is 5.97 Å². The molecule has 3 nitrogen and oxygen atoms in total. The van der Waals surface area contributed by atoms with Gasteiger partial charge in [-0.15, -0.1) is 0 Å². The first-order valence-electron chi connectivity index (χ1n) is 6.66. The number of ether oxygens (including phenoxy) is 1. The minimum atomic E-state index is -0.0921. The highest BCUT2D eigenvalue weighted by molar-refractivity contribution is 5.69. The topological polar surface area (TPSA) is 46.5 Å². The van der Waals surface area contributed by atoms with Crippen molar-refractivity contribution in [3.8, 4) is 5.75 Å². The lowest BCUT2D eigenvalue weighted by Crippen LogP contribution is -2.03. The average molecular weight is 250 g/mol. The summed E-state index contributed by atoms with van der Waals surface area (Å²) in [5.74, 6) is 0.236. The standard InChI is InChI=1S/C15H22O3/c1-2-18-15(17)11-6-4-3-5-8-13-9-7-10-14(16)12-13/h7,9-10,12,16H,2-6,8,11H2,1H3. The molecule has 1 aromatic carbocycles. The Labute approximate surface area is 109 Å². The fourth-order valence-corrected chi connectivity index (χ4v) is 1.90. The molecule has 0 unspecified atom stereocenters. The van der Waals surface area contributed by atoms with Crippen LogP contribution in [0.15, 0.2) is 24.3 Å². The van der Waals surface area contributed by atoms with E-state index in [4.69, 9.17) is 4.74 Å². The van der Waals surface area contributed by atoms with E-state index in [2.05, 4.69) is 0 Å². The van der Waals surface area contributed by atoms with Gasteiger partial charge in [0.2, 0.25) is 0 Å². The van der Waals surface area contributed by atoms with Crippen LogP contribution in [0.3, 0.4) is 0 Å². The molecule has 18 heavy (non-hydrogen) atoms. The van der Waals surface area contributed by atoms with Crippen molar-refractivity contribution in [1.29, 1.82) is 0 Å². The molecule has 0 aliphatic rings. The van der Waals surface area contributed by atoms with Crippen LogP contribution in [0.1, 0.15) is 44.6 Å². The van der Waals surface area contributed by atoms with E-state index in [1.54, 1.807) is 12.1 Å². The van der Waals surface area contributed by atoms with Gasteiger partial charge in [0.25, 0.3) is 0 Å². The largest absolute Gasteiger partial charge is 0.508 e. The fourth-order valence-electron chi connectivity index (χ4n) is 1.90. The first-order chi connectivity index (χ1) is 8.72. The van der Waals surface area contributed by atoms with Crippen LogP contribution in [-0.4, -0.2) is 17.7 Å². The summed E-state index contributed by atoms with van der Waals surface area (Å²) in [6, 6.07) is 7.38. The number of carbonyl (C=O) groups excluding carboxylic acids is 1. The molecular weight excluding hydrogens is 228 g/mol. The highest BCUT2D eigenvalue weighted by Crippen LogP contribution is 2.14. The van der Waals surface area contributed by atoms with E-state index in [-0.39, 0.29) is 5.97 Å². The van der Waals surface area contributed by atoms with Crippen molar-refractivity contribution in [1.82, 2.24) is 0 Å². The van der Waals surface area contributed by atoms with Crippen molar-refractivity contribution >= 4 is 5.97 Å².